The highest BCUT2D eigenvalue weighted by atomic mass is 16.5. The summed E-state index contributed by atoms with van der Waals surface area (Å²) >= 11 is 0. The molecular weight excluding hydrogens is 330 g/mol. The maximum absolute atomic E-state index is 12.6. The largest absolute Gasteiger partial charge is 0.486 e. The Labute approximate surface area is 154 Å². The van der Waals surface area contributed by atoms with Crippen LogP contribution in [0.4, 0.5) is 0 Å². The van der Waals surface area contributed by atoms with Crippen LogP contribution in [-0.4, -0.2) is 23.2 Å². The fraction of sp³-hybridized carbons (Fsp3) is 0.476. The van der Waals surface area contributed by atoms with Crippen LogP contribution < -0.4 is 10.1 Å². The molecule has 1 amide bonds. The first-order chi connectivity index (χ1) is 12.6. The number of amides is 1. The molecule has 2 aromatic rings. The lowest BCUT2D eigenvalue weighted by Crippen LogP contribution is -2.43. The molecular formula is C21H27NO4. The molecule has 5 nitrogen and oxygen atoms in total. The van der Waals surface area contributed by atoms with Crippen LogP contribution in [0.2, 0.25) is 0 Å². The number of nitrogens with one attached hydrogen (secondary N) is 1. The SMILES string of the molecule is Cc1cc(COc2ccccc2)oc1C(=O)N[C@H]1CCCCCC[C@@H]1O. The summed E-state index contributed by atoms with van der Waals surface area (Å²) in [7, 11) is 0. The molecule has 5 heteroatoms. The molecule has 0 radical (unpaired) electrons. The second kappa shape index (κ2) is 8.90. The van der Waals surface area contributed by atoms with Gasteiger partial charge in [-0.05, 0) is 38.0 Å². The van der Waals surface area contributed by atoms with Crippen molar-refractivity contribution in [3.63, 3.8) is 0 Å². The van der Waals surface area contributed by atoms with Gasteiger partial charge in [-0.25, -0.2) is 0 Å². The zero-order valence-corrected chi connectivity index (χ0v) is 15.2. The molecule has 1 aromatic carbocycles. The zero-order valence-electron chi connectivity index (χ0n) is 15.2. The maximum atomic E-state index is 12.6. The van der Waals surface area contributed by atoms with Gasteiger partial charge in [0.05, 0.1) is 12.1 Å². The maximum Gasteiger partial charge on any atom is 0.287 e. The lowest BCUT2D eigenvalue weighted by atomic mass is 9.94. The predicted molar refractivity (Wildman–Crippen MR) is 99.2 cm³/mol. The molecule has 2 N–H and O–H groups in total. The second-order valence-electron chi connectivity index (χ2n) is 6.97. The van der Waals surface area contributed by atoms with Crippen molar-refractivity contribution in [2.24, 2.45) is 0 Å². The summed E-state index contributed by atoms with van der Waals surface area (Å²) in [5.41, 5.74) is 0.773. The van der Waals surface area contributed by atoms with Gasteiger partial charge < -0.3 is 19.6 Å². The number of hydrogen-bond acceptors (Lipinski definition) is 4. The number of carbonyl (C=O) groups is 1. The van der Waals surface area contributed by atoms with E-state index in [0.29, 0.717) is 11.5 Å². The highest BCUT2D eigenvalue weighted by molar-refractivity contribution is 5.93. The van der Waals surface area contributed by atoms with Crippen LogP contribution >= 0.6 is 0 Å². The number of aliphatic hydroxyl groups is 1. The Balaban J connectivity index is 1.61. The minimum absolute atomic E-state index is 0.212. The molecule has 140 valence electrons. The van der Waals surface area contributed by atoms with E-state index in [4.69, 9.17) is 9.15 Å². The topological polar surface area (TPSA) is 71.7 Å². The van der Waals surface area contributed by atoms with Gasteiger partial charge in [0.15, 0.2) is 5.76 Å². The van der Waals surface area contributed by atoms with Gasteiger partial charge in [0, 0.05) is 5.56 Å². The van der Waals surface area contributed by atoms with E-state index in [9.17, 15) is 9.90 Å². The summed E-state index contributed by atoms with van der Waals surface area (Å²) < 4.78 is 11.4. The highest BCUT2D eigenvalue weighted by Crippen LogP contribution is 2.21. The molecule has 26 heavy (non-hydrogen) atoms. The molecule has 1 saturated carbocycles. The molecule has 1 aromatic heterocycles. The monoisotopic (exact) mass is 357 g/mol. The fourth-order valence-electron chi connectivity index (χ4n) is 3.38. The number of aliphatic hydroxyl groups excluding tert-OH is 1. The standard InChI is InChI=1S/C21H27NO4/c1-15-13-17(14-25-16-9-5-4-6-10-16)26-20(15)21(24)22-18-11-7-2-3-8-12-19(18)23/h4-6,9-10,13,18-19,23H,2-3,7-8,11-12,14H2,1H3,(H,22,24)/t18-,19-/m0/s1. The van der Waals surface area contributed by atoms with Gasteiger partial charge in [0.1, 0.15) is 18.1 Å². The number of furan rings is 1. The first-order valence-electron chi connectivity index (χ1n) is 9.39. The molecule has 1 heterocycles. The zero-order chi connectivity index (χ0) is 18.4. The Bertz CT molecular complexity index is 710. The van der Waals surface area contributed by atoms with Crippen molar-refractivity contribution in [1.29, 1.82) is 0 Å². The number of ether oxygens (including phenoxy) is 1. The number of aryl methyl sites for hydroxylation is 1. The predicted octanol–water partition coefficient (Wildman–Crippen LogP) is 3.98. The summed E-state index contributed by atoms with van der Waals surface area (Å²) in [6.07, 6.45) is 5.38. The minimum atomic E-state index is -0.490. The normalized spacial score (nSPS) is 20.8. The van der Waals surface area contributed by atoms with E-state index in [1.165, 1.54) is 0 Å². The second-order valence-corrected chi connectivity index (χ2v) is 6.97. The van der Waals surface area contributed by atoms with Crippen LogP contribution in [0, 0.1) is 6.92 Å². The van der Waals surface area contributed by atoms with Gasteiger partial charge >= 0.3 is 0 Å². The molecule has 1 aliphatic rings. The van der Waals surface area contributed by atoms with Crippen LogP contribution in [0.3, 0.4) is 0 Å². The van der Waals surface area contributed by atoms with Crippen molar-refractivity contribution in [3.05, 3.63) is 53.5 Å². The first kappa shape index (κ1) is 18.5. The summed E-state index contributed by atoms with van der Waals surface area (Å²) in [5.74, 6) is 1.39. The summed E-state index contributed by atoms with van der Waals surface area (Å²) in [4.78, 5) is 12.6. The quantitative estimate of drug-likeness (QED) is 0.849. The summed E-state index contributed by atoms with van der Waals surface area (Å²) in [5, 5.41) is 13.2. The van der Waals surface area contributed by atoms with E-state index < -0.39 is 6.10 Å². The Kier molecular flexibility index (Phi) is 6.34. The van der Waals surface area contributed by atoms with E-state index in [0.717, 1.165) is 49.8 Å². The molecule has 0 bridgehead atoms. The number of para-hydroxylation sites is 1. The number of carbonyl (C=O) groups excluding carboxylic acids is 1. The molecule has 0 spiro atoms. The van der Waals surface area contributed by atoms with Crippen LogP contribution in [0.15, 0.2) is 40.8 Å². The smallest absolute Gasteiger partial charge is 0.287 e. The van der Waals surface area contributed by atoms with Crippen molar-refractivity contribution in [3.8, 4) is 5.75 Å². The number of rotatable bonds is 5. The molecule has 0 saturated heterocycles. The van der Waals surface area contributed by atoms with Gasteiger partial charge in [0.25, 0.3) is 5.91 Å². The Morgan fingerprint density at radius 3 is 2.69 bits per heavy atom. The third-order valence-electron chi connectivity index (χ3n) is 4.85. The van der Waals surface area contributed by atoms with Crippen LogP contribution in [-0.2, 0) is 6.61 Å². The molecule has 0 aliphatic heterocycles. The average molecular weight is 357 g/mol. The Hall–Kier alpha value is -2.27. The van der Waals surface area contributed by atoms with Crippen molar-refractivity contribution >= 4 is 5.91 Å². The number of hydrogen-bond donors (Lipinski definition) is 2. The van der Waals surface area contributed by atoms with Gasteiger partial charge in [-0.15, -0.1) is 0 Å². The van der Waals surface area contributed by atoms with E-state index in [-0.39, 0.29) is 18.6 Å². The minimum Gasteiger partial charge on any atom is -0.486 e. The van der Waals surface area contributed by atoms with Crippen molar-refractivity contribution < 1.29 is 19.1 Å². The molecule has 3 rings (SSSR count). The lowest BCUT2D eigenvalue weighted by molar-refractivity contribution is 0.0745. The highest BCUT2D eigenvalue weighted by Gasteiger charge is 2.25. The lowest BCUT2D eigenvalue weighted by Gasteiger charge is -2.26. The van der Waals surface area contributed by atoms with Crippen LogP contribution in [0.5, 0.6) is 5.75 Å². The van der Waals surface area contributed by atoms with Crippen molar-refractivity contribution in [2.75, 3.05) is 0 Å². The fourth-order valence-corrected chi connectivity index (χ4v) is 3.38. The van der Waals surface area contributed by atoms with Gasteiger partial charge in [0.2, 0.25) is 0 Å². The van der Waals surface area contributed by atoms with Crippen LogP contribution in [0.1, 0.15) is 60.4 Å². The van der Waals surface area contributed by atoms with Crippen molar-refractivity contribution in [2.45, 2.75) is 64.2 Å². The molecule has 1 fully saturated rings. The summed E-state index contributed by atoms with van der Waals surface area (Å²) in [6.45, 7) is 2.11. The van der Waals surface area contributed by atoms with Crippen LogP contribution in [0.25, 0.3) is 0 Å². The van der Waals surface area contributed by atoms with E-state index >= 15 is 0 Å². The summed E-state index contributed by atoms with van der Waals surface area (Å²) in [6, 6.07) is 11.1. The molecule has 1 aliphatic carbocycles. The third-order valence-corrected chi connectivity index (χ3v) is 4.85. The Morgan fingerprint density at radius 1 is 1.19 bits per heavy atom. The van der Waals surface area contributed by atoms with Crippen molar-refractivity contribution in [1.82, 2.24) is 5.32 Å². The van der Waals surface area contributed by atoms with E-state index in [1.807, 2.05) is 43.3 Å². The van der Waals surface area contributed by atoms with E-state index in [2.05, 4.69) is 5.32 Å². The van der Waals surface area contributed by atoms with Gasteiger partial charge in [-0.2, -0.15) is 0 Å². The molecule has 0 unspecified atom stereocenters. The van der Waals surface area contributed by atoms with E-state index in [1.54, 1.807) is 0 Å². The van der Waals surface area contributed by atoms with Gasteiger partial charge in [-0.1, -0.05) is 43.9 Å². The molecule has 2 atom stereocenters. The third kappa shape index (κ3) is 4.88. The average Bonchev–Trinajstić information content (AvgIpc) is 3.01. The number of benzene rings is 1. The first-order valence-corrected chi connectivity index (χ1v) is 9.39. The Morgan fingerprint density at radius 2 is 1.92 bits per heavy atom. The van der Waals surface area contributed by atoms with Gasteiger partial charge in [-0.3, -0.25) is 4.79 Å².